The van der Waals surface area contributed by atoms with Crippen molar-refractivity contribution in [2.24, 2.45) is 0 Å². The molecule has 3 aromatic heterocycles. The van der Waals surface area contributed by atoms with Gasteiger partial charge in [-0.25, -0.2) is 4.98 Å². The summed E-state index contributed by atoms with van der Waals surface area (Å²) in [7, 11) is 1.74. The molecule has 3 heterocycles. The Kier molecular flexibility index (Phi) is 6.43. The van der Waals surface area contributed by atoms with Gasteiger partial charge in [0.1, 0.15) is 11.5 Å². The van der Waals surface area contributed by atoms with Gasteiger partial charge in [-0.3, -0.25) is 14.8 Å². The number of amides is 1. The predicted octanol–water partition coefficient (Wildman–Crippen LogP) is 4.25. The van der Waals surface area contributed by atoms with Gasteiger partial charge in [-0.15, -0.1) is 0 Å². The van der Waals surface area contributed by atoms with E-state index in [9.17, 15) is 4.79 Å². The number of carbonyl (C=O) groups excluding carboxylic acids is 1. The molecule has 33 heavy (non-hydrogen) atoms. The highest BCUT2D eigenvalue weighted by Gasteiger charge is 2.15. The van der Waals surface area contributed by atoms with Gasteiger partial charge in [0.15, 0.2) is 0 Å². The van der Waals surface area contributed by atoms with Gasteiger partial charge in [0.2, 0.25) is 5.91 Å². The van der Waals surface area contributed by atoms with Crippen LogP contribution >= 0.6 is 0 Å². The second kappa shape index (κ2) is 9.60. The van der Waals surface area contributed by atoms with Gasteiger partial charge in [0, 0.05) is 35.1 Å². The van der Waals surface area contributed by atoms with E-state index >= 15 is 0 Å². The van der Waals surface area contributed by atoms with Crippen LogP contribution in [0, 0.1) is 25.7 Å². The van der Waals surface area contributed by atoms with Crippen LogP contribution in [0.2, 0.25) is 0 Å². The highest BCUT2D eigenvalue weighted by molar-refractivity contribution is 5.94. The summed E-state index contributed by atoms with van der Waals surface area (Å²) in [6.45, 7) is 5.84. The highest BCUT2D eigenvalue weighted by Crippen LogP contribution is 2.29. The Balaban J connectivity index is 1.80. The second-order valence-electron chi connectivity index (χ2n) is 7.90. The molecule has 0 radical (unpaired) electrons. The summed E-state index contributed by atoms with van der Waals surface area (Å²) in [6.07, 6.45) is 5.44. The molecule has 1 unspecified atom stereocenters. The molecular formula is C27H25N5O. The minimum atomic E-state index is -0.336. The van der Waals surface area contributed by atoms with E-state index in [-0.39, 0.29) is 11.9 Å². The first-order chi connectivity index (χ1) is 16.0. The third kappa shape index (κ3) is 4.89. The second-order valence-corrected chi connectivity index (χ2v) is 7.90. The molecule has 1 amide bonds. The van der Waals surface area contributed by atoms with E-state index in [0.29, 0.717) is 11.5 Å². The Morgan fingerprint density at radius 1 is 1.03 bits per heavy atom. The van der Waals surface area contributed by atoms with Crippen molar-refractivity contribution in [2.45, 2.75) is 26.8 Å². The fourth-order valence-corrected chi connectivity index (χ4v) is 3.60. The third-order valence-corrected chi connectivity index (χ3v) is 5.50. The van der Waals surface area contributed by atoms with E-state index < -0.39 is 0 Å². The minimum absolute atomic E-state index is 0.157. The number of nitrogens with one attached hydrogen (secondary N) is 2. The molecule has 0 spiro atoms. The molecule has 0 aliphatic rings. The van der Waals surface area contributed by atoms with E-state index in [0.717, 1.165) is 38.7 Å². The van der Waals surface area contributed by atoms with Gasteiger partial charge in [-0.05, 0) is 86.8 Å². The molecule has 0 bridgehead atoms. The van der Waals surface area contributed by atoms with Crippen LogP contribution in [0.5, 0.6) is 0 Å². The average Bonchev–Trinajstić information content (AvgIpc) is 2.82. The lowest BCUT2D eigenvalue weighted by atomic mass is 9.96. The lowest BCUT2D eigenvalue weighted by Gasteiger charge is -2.14. The minimum Gasteiger partial charge on any atom is -0.309 e. The zero-order valence-corrected chi connectivity index (χ0v) is 19.1. The van der Waals surface area contributed by atoms with Gasteiger partial charge in [-0.1, -0.05) is 12.0 Å². The topological polar surface area (TPSA) is 79.8 Å². The van der Waals surface area contributed by atoms with Gasteiger partial charge in [0.05, 0.1) is 11.6 Å². The van der Waals surface area contributed by atoms with E-state index in [2.05, 4.69) is 32.4 Å². The molecule has 0 aliphatic heterocycles. The zero-order valence-electron chi connectivity index (χ0n) is 19.1. The van der Waals surface area contributed by atoms with Gasteiger partial charge >= 0.3 is 0 Å². The van der Waals surface area contributed by atoms with E-state index in [4.69, 9.17) is 4.98 Å². The molecule has 164 valence electrons. The summed E-state index contributed by atoms with van der Waals surface area (Å²) >= 11 is 0. The first-order valence-electron chi connectivity index (χ1n) is 10.7. The predicted molar refractivity (Wildman–Crippen MR) is 132 cm³/mol. The summed E-state index contributed by atoms with van der Waals surface area (Å²) in [5.74, 6) is 6.77. The van der Waals surface area contributed by atoms with E-state index in [1.165, 1.54) is 0 Å². The third-order valence-electron chi connectivity index (χ3n) is 5.50. The summed E-state index contributed by atoms with van der Waals surface area (Å²) in [4.78, 5) is 25.7. The van der Waals surface area contributed by atoms with Crippen LogP contribution in [-0.4, -0.2) is 33.9 Å². The first-order valence-corrected chi connectivity index (χ1v) is 10.7. The monoisotopic (exact) mass is 435 g/mol. The lowest BCUT2D eigenvalue weighted by molar-refractivity contribution is -0.117. The number of benzene rings is 1. The highest BCUT2D eigenvalue weighted by atomic mass is 16.2. The molecular weight excluding hydrogens is 410 g/mol. The number of anilines is 1. The maximum atomic E-state index is 12.4. The van der Waals surface area contributed by atoms with Gasteiger partial charge < -0.3 is 10.6 Å². The Labute approximate surface area is 193 Å². The van der Waals surface area contributed by atoms with Gasteiger partial charge in [0.25, 0.3) is 0 Å². The van der Waals surface area contributed by atoms with Crippen molar-refractivity contribution < 1.29 is 4.79 Å². The first kappa shape index (κ1) is 22.1. The smallest absolute Gasteiger partial charge is 0.242 e. The zero-order chi connectivity index (χ0) is 23.4. The number of fused-ring (bicyclic) bond motifs is 1. The van der Waals surface area contributed by atoms with Crippen LogP contribution < -0.4 is 10.6 Å². The number of hydrogen-bond acceptors (Lipinski definition) is 5. The van der Waals surface area contributed by atoms with Crippen molar-refractivity contribution >= 4 is 22.6 Å². The molecule has 4 aromatic rings. The molecule has 1 aromatic carbocycles. The van der Waals surface area contributed by atoms with Crippen molar-refractivity contribution in [1.82, 2.24) is 20.3 Å². The summed E-state index contributed by atoms with van der Waals surface area (Å²) < 4.78 is 0. The van der Waals surface area contributed by atoms with Crippen molar-refractivity contribution in [3.63, 3.8) is 0 Å². The number of hydrogen-bond donors (Lipinski definition) is 2. The fourth-order valence-electron chi connectivity index (χ4n) is 3.60. The van der Waals surface area contributed by atoms with Crippen LogP contribution in [0.25, 0.3) is 22.0 Å². The number of pyridine rings is 3. The quantitative estimate of drug-likeness (QED) is 0.469. The molecule has 2 N–H and O–H groups in total. The summed E-state index contributed by atoms with van der Waals surface area (Å²) in [5, 5.41) is 6.82. The number of nitrogens with zero attached hydrogens (tertiary/aromatic N) is 3. The van der Waals surface area contributed by atoms with Crippen LogP contribution in [0.3, 0.4) is 0 Å². The van der Waals surface area contributed by atoms with Crippen molar-refractivity contribution in [2.75, 3.05) is 12.4 Å². The van der Waals surface area contributed by atoms with E-state index in [1.807, 2.05) is 68.7 Å². The Morgan fingerprint density at radius 3 is 2.58 bits per heavy atom. The number of rotatable bonds is 4. The van der Waals surface area contributed by atoms with Crippen LogP contribution in [0.4, 0.5) is 5.82 Å². The molecule has 6 heteroatoms. The maximum absolute atomic E-state index is 12.4. The molecule has 0 saturated heterocycles. The summed E-state index contributed by atoms with van der Waals surface area (Å²) in [5.41, 5.74) is 6.41. The Hall–Kier alpha value is -4.08. The fraction of sp³-hybridized carbons (Fsp3) is 0.185. The Bertz CT molecular complexity index is 1380. The number of aryl methyl sites for hydroxylation is 2. The molecule has 1 atom stereocenters. The summed E-state index contributed by atoms with van der Waals surface area (Å²) in [6, 6.07) is 13.3. The molecule has 0 aliphatic carbocycles. The largest absolute Gasteiger partial charge is 0.309 e. The molecule has 6 nitrogen and oxygen atoms in total. The van der Waals surface area contributed by atoms with Gasteiger partial charge in [-0.2, -0.15) is 0 Å². The SMILES string of the molecule is CNC(C)C(=O)Nc1ccc(-c2c(C)cncc2C)c(C#Cc2ccc3ncccc3c2)n1. The lowest BCUT2D eigenvalue weighted by Crippen LogP contribution is -2.35. The van der Waals surface area contributed by atoms with Crippen LogP contribution in [-0.2, 0) is 4.79 Å². The van der Waals surface area contributed by atoms with Crippen LogP contribution in [0.15, 0.2) is 61.1 Å². The average molecular weight is 436 g/mol. The van der Waals surface area contributed by atoms with E-state index in [1.54, 1.807) is 20.2 Å². The normalized spacial score (nSPS) is 11.5. The van der Waals surface area contributed by atoms with Crippen molar-refractivity contribution in [3.8, 4) is 23.0 Å². The molecule has 4 rings (SSSR count). The molecule has 0 fully saturated rings. The molecule has 0 saturated carbocycles. The number of carbonyl (C=O) groups is 1. The van der Waals surface area contributed by atoms with Crippen LogP contribution in [0.1, 0.15) is 29.3 Å². The van der Waals surface area contributed by atoms with Crippen molar-refractivity contribution in [1.29, 1.82) is 0 Å². The standard InChI is InChI=1S/C27H25N5O/c1-17-15-29-16-18(2)26(17)22-9-12-25(32-27(33)19(3)28-4)31-24(22)11-8-20-7-10-23-21(14-20)6-5-13-30-23/h5-7,9-10,12-16,19,28H,1-4H3,(H,31,32,33). The number of likely N-dealkylation sites (N-methyl/N-ethyl adjacent to an activating group) is 1. The maximum Gasteiger partial charge on any atom is 0.242 e. The number of aromatic nitrogens is 3. The Morgan fingerprint density at radius 2 is 1.82 bits per heavy atom. The van der Waals surface area contributed by atoms with Crippen molar-refractivity contribution in [3.05, 3.63) is 83.4 Å².